The summed E-state index contributed by atoms with van der Waals surface area (Å²) in [5, 5.41) is 5.11. The van der Waals surface area contributed by atoms with Crippen LogP contribution in [0.5, 0.6) is 0 Å². The van der Waals surface area contributed by atoms with Gasteiger partial charge in [0.15, 0.2) is 0 Å². The van der Waals surface area contributed by atoms with Crippen LogP contribution in [0, 0.1) is 0 Å². The molecular weight excluding hydrogens is 233 g/mol. The van der Waals surface area contributed by atoms with Crippen molar-refractivity contribution in [2.45, 2.75) is 6.92 Å². The van der Waals surface area contributed by atoms with Gasteiger partial charge >= 0.3 is 0 Å². The predicted octanol–water partition coefficient (Wildman–Crippen LogP) is 3.37. The van der Waals surface area contributed by atoms with Gasteiger partial charge in [0.2, 0.25) is 0 Å². The van der Waals surface area contributed by atoms with Crippen molar-refractivity contribution in [3.05, 3.63) is 28.5 Å². The van der Waals surface area contributed by atoms with E-state index in [1.54, 1.807) is 12.1 Å². The average molecular weight is 242 g/mol. The van der Waals surface area contributed by atoms with E-state index in [0.717, 1.165) is 17.7 Å². The summed E-state index contributed by atoms with van der Waals surface area (Å²) < 4.78 is 0. The monoisotopic (exact) mass is 241 g/mol. The van der Waals surface area contributed by atoms with Crippen LogP contribution in [0.15, 0.2) is 18.5 Å². The molecule has 2 aromatic rings. The molecule has 0 saturated carbocycles. The van der Waals surface area contributed by atoms with E-state index in [9.17, 15) is 0 Å². The summed E-state index contributed by atoms with van der Waals surface area (Å²) in [5.41, 5.74) is 0.715. The summed E-state index contributed by atoms with van der Waals surface area (Å²) in [7, 11) is 0. The first-order valence-electron chi connectivity index (χ1n) is 4.56. The number of aromatic nitrogens is 2. The lowest BCUT2D eigenvalue weighted by atomic mass is 10.2. The number of benzene rings is 1. The van der Waals surface area contributed by atoms with Crippen molar-refractivity contribution in [1.29, 1.82) is 0 Å². The van der Waals surface area contributed by atoms with Crippen LogP contribution in [-0.4, -0.2) is 16.5 Å². The van der Waals surface area contributed by atoms with Crippen molar-refractivity contribution in [3.8, 4) is 0 Å². The van der Waals surface area contributed by atoms with Gasteiger partial charge in [-0.1, -0.05) is 23.2 Å². The Bertz CT molecular complexity index is 499. The lowest BCUT2D eigenvalue weighted by Gasteiger charge is -2.07. The van der Waals surface area contributed by atoms with Crippen LogP contribution in [0.2, 0.25) is 10.0 Å². The van der Waals surface area contributed by atoms with E-state index in [-0.39, 0.29) is 0 Å². The standard InChI is InChI=1S/C10H9Cl2N3/c1-2-13-10-7-3-6(11)4-8(12)9(7)14-5-15-10/h3-5H,2H2,1H3,(H,13,14,15). The number of nitrogens with one attached hydrogen (secondary N) is 1. The van der Waals surface area contributed by atoms with Crippen LogP contribution >= 0.6 is 23.2 Å². The molecule has 0 aliphatic rings. The van der Waals surface area contributed by atoms with Gasteiger partial charge in [-0.05, 0) is 19.1 Å². The van der Waals surface area contributed by atoms with Crippen molar-refractivity contribution in [2.24, 2.45) is 0 Å². The highest BCUT2D eigenvalue weighted by atomic mass is 35.5. The van der Waals surface area contributed by atoms with Crippen molar-refractivity contribution in [2.75, 3.05) is 11.9 Å². The second kappa shape index (κ2) is 4.21. The van der Waals surface area contributed by atoms with Crippen molar-refractivity contribution in [3.63, 3.8) is 0 Å². The Morgan fingerprint density at radius 3 is 2.80 bits per heavy atom. The van der Waals surface area contributed by atoms with Crippen LogP contribution in [0.3, 0.4) is 0 Å². The highest BCUT2D eigenvalue weighted by Crippen LogP contribution is 2.29. The highest BCUT2D eigenvalue weighted by molar-refractivity contribution is 6.38. The molecule has 15 heavy (non-hydrogen) atoms. The Kier molecular flexibility index (Phi) is 2.93. The molecule has 0 amide bonds. The second-order valence-electron chi connectivity index (χ2n) is 3.04. The number of hydrogen-bond acceptors (Lipinski definition) is 3. The third-order valence-corrected chi connectivity index (χ3v) is 2.51. The van der Waals surface area contributed by atoms with Gasteiger partial charge < -0.3 is 5.32 Å². The molecule has 0 atom stereocenters. The van der Waals surface area contributed by atoms with Crippen molar-refractivity contribution >= 4 is 39.9 Å². The van der Waals surface area contributed by atoms with E-state index in [1.165, 1.54) is 6.33 Å². The van der Waals surface area contributed by atoms with E-state index in [2.05, 4.69) is 15.3 Å². The Morgan fingerprint density at radius 1 is 1.27 bits per heavy atom. The molecule has 0 radical (unpaired) electrons. The van der Waals surface area contributed by atoms with Gasteiger partial charge in [-0.3, -0.25) is 0 Å². The molecule has 2 rings (SSSR count). The van der Waals surface area contributed by atoms with Gasteiger partial charge in [0.25, 0.3) is 0 Å². The smallest absolute Gasteiger partial charge is 0.137 e. The van der Waals surface area contributed by atoms with Gasteiger partial charge in [0.05, 0.1) is 10.5 Å². The molecule has 1 aromatic carbocycles. The van der Waals surface area contributed by atoms with E-state index < -0.39 is 0 Å². The number of fused-ring (bicyclic) bond motifs is 1. The quantitative estimate of drug-likeness (QED) is 0.877. The van der Waals surface area contributed by atoms with Crippen LogP contribution in [0.1, 0.15) is 6.92 Å². The number of nitrogens with zero attached hydrogens (tertiary/aromatic N) is 2. The Balaban J connectivity index is 2.73. The fourth-order valence-corrected chi connectivity index (χ4v) is 1.94. The number of hydrogen-bond donors (Lipinski definition) is 1. The normalized spacial score (nSPS) is 10.6. The minimum Gasteiger partial charge on any atom is -0.370 e. The molecule has 1 aromatic heterocycles. The van der Waals surface area contributed by atoms with Crippen LogP contribution in [-0.2, 0) is 0 Å². The first kappa shape index (κ1) is 10.5. The Labute approximate surface area is 97.4 Å². The van der Waals surface area contributed by atoms with Gasteiger partial charge in [0.1, 0.15) is 12.1 Å². The highest BCUT2D eigenvalue weighted by Gasteiger charge is 2.07. The summed E-state index contributed by atoms with van der Waals surface area (Å²) in [6.45, 7) is 2.79. The lowest BCUT2D eigenvalue weighted by molar-refractivity contribution is 1.14. The zero-order valence-electron chi connectivity index (χ0n) is 8.09. The maximum Gasteiger partial charge on any atom is 0.137 e. The fraction of sp³-hybridized carbons (Fsp3) is 0.200. The zero-order chi connectivity index (χ0) is 10.8. The average Bonchev–Trinajstić information content (AvgIpc) is 2.19. The van der Waals surface area contributed by atoms with E-state index in [0.29, 0.717) is 15.6 Å². The summed E-state index contributed by atoms with van der Waals surface area (Å²) in [6, 6.07) is 3.48. The molecule has 0 aliphatic heterocycles. The summed E-state index contributed by atoms with van der Waals surface area (Å²) in [6.07, 6.45) is 1.49. The zero-order valence-corrected chi connectivity index (χ0v) is 9.60. The maximum atomic E-state index is 6.03. The van der Waals surface area contributed by atoms with E-state index in [4.69, 9.17) is 23.2 Å². The summed E-state index contributed by atoms with van der Waals surface area (Å²) in [5.74, 6) is 0.756. The first-order valence-corrected chi connectivity index (χ1v) is 5.31. The largest absolute Gasteiger partial charge is 0.370 e. The molecule has 0 unspecified atom stereocenters. The SMILES string of the molecule is CCNc1ncnc2c(Cl)cc(Cl)cc12. The lowest BCUT2D eigenvalue weighted by Crippen LogP contribution is -2.00. The molecule has 0 spiro atoms. The van der Waals surface area contributed by atoms with Crippen molar-refractivity contribution in [1.82, 2.24) is 9.97 Å². The summed E-state index contributed by atoms with van der Waals surface area (Å²) in [4.78, 5) is 8.26. The third kappa shape index (κ3) is 1.98. The molecule has 0 saturated heterocycles. The predicted molar refractivity (Wildman–Crippen MR) is 63.7 cm³/mol. The summed E-state index contributed by atoms with van der Waals surface area (Å²) >= 11 is 12.0. The first-order chi connectivity index (χ1) is 7.22. The third-order valence-electron chi connectivity index (χ3n) is 2.00. The molecule has 3 nitrogen and oxygen atoms in total. The minimum absolute atomic E-state index is 0.541. The molecule has 0 bridgehead atoms. The van der Waals surface area contributed by atoms with Crippen molar-refractivity contribution < 1.29 is 0 Å². The number of rotatable bonds is 2. The minimum atomic E-state index is 0.541. The number of halogens is 2. The Morgan fingerprint density at radius 2 is 2.07 bits per heavy atom. The molecule has 5 heteroatoms. The molecule has 78 valence electrons. The molecular formula is C10H9Cl2N3. The maximum absolute atomic E-state index is 6.03. The topological polar surface area (TPSA) is 37.8 Å². The molecule has 0 fully saturated rings. The van der Waals surface area contributed by atoms with Gasteiger partial charge in [0, 0.05) is 17.0 Å². The van der Waals surface area contributed by atoms with Crippen LogP contribution in [0.25, 0.3) is 10.9 Å². The van der Waals surface area contributed by atoms with Gasteiger partial charge in [-0.25, -0.2) is 9.97 Å². The van der Waals surface area contributed by atoms with Gasteiger partial charge in [-0.2, -0.15) is 0 Å². The molecule has 1 N–H and O–H groups in total. The van der Waals surface area contributed by atoms with Crippen LogP contribution < -0.4 is 5.32 Å². The van der Waals surface area contributed by atoms with E-state index >= 15 is 0 Å². The molecule has 0 aliphatic carbocycles. The fourth-order valence-electron chi connectivity index (χ4n) is 1.40. The second-order valence-corrected chi connectivity index (χ2v) is 3.88. The van der Waals surface area contributed by atoms with Gasteiger partial charge in [-0.15, -0.1) is 0 Å². The molecule has 1 heterocycles. The van der Waals surface area contributed by atoms with E-state index in [1.807, 2.05) is 6.92 Å². The number of anilines is 1. The Hall–Kier alpha value is -1.06. The van der Waals surface area contributed by atoms with Crippen LogP contribution in [0.4, 0.5) is 5.82 Å².